The molecule has 0 radical (unpaired) electrons. The summed E-state index contributed by atoms with van der Waals surface area (Å²) >= 11 is 1.43. The fraction of sp³-hybridized carbons (Fsp3) is 0.250. The molecule has 0 aliphatic heterocycles. The van der Waals surface area contributed by atoms with Crippen LogP contribution in [0.2, 0.25) is 0 Å². The quantitative estimate of drug-likeness (QED) is 0.664. The summed E-state index contributed by atoms with van der Waals surface area (Å²) in [5.74, 6) is 0.468. The van der Waals surface area contributed by atoms with Gasteiger partial charge >= 0.3 is 0 Å². The highest BCUT2D eigenvalue weighted by Gasteiger charge is 2.06. The first kappa shape index (κ1) is 8.88. The minimum absolute atomic E-state index is 0.468. The molecule has 3 nitrogen and oxygen atoms in total. The summed E-state index contributed by atoms with van der Waals surface area (Å²) in [6.45, 7) is 1.86. The van der Waals surface area contributed by atoms with Gasteiger partial charge in [0.15, 0.2) is 0 Å². The number of anilines is 1. The van der Waals surface area contributed by atoms with Crippen molar-refractivity contribution in [2.45, 2.75) is 11.9 Å². The lowest BCUT2D eigenvalue weighted by atomic mass is 10.2. The molecule has 1 heterocycles. The van der Waals surface area contributed by atoms with E-state index in [0.29, 0.717) is 16.4 Å². The first-order valence-electron chi connectivity index (χ1n) is 3.40. The number of hydrogen-bond acceptors (Lipinski definition) is 4. The maximum Gasteiger partial charge on any atom is 0.125 e. The highest BCUT2D eigenvalue weighted by Crippen LogP contribution is 2.21. The van der Waals surface area contributed by atoms with Crippen LogP contribution in [0.1, 0.15) is 11.1 Å². The van der Waals surface area contributed by atoms with E-state index in [4.69, 9.17) is 11.0 Å². The molecule has 12 heavy (non-hydrogen) atoms. The third-order valence-corrected chi connectivity index (χ3v) is 2.19. The van der Waals surface area contributed by atoms with E-state index in [1.54, 1.807) is 6.07 Å². The van der Waals surface area contributed by atoms with Crippen LogP contribution in [0.15, 0.2) is 11.1 Å². The zero-order chi connectivity index (χ0) is 9.14. The van der Waals surface area contributed by atoms with Crippen molar-refractivity contribution >= 4 is 17.6 Å². The lowest BCUT2D eigenvalue weighted by molar-refractivity contribution is 1.10. The number of pyridine rings is 1. The molecular formula is C8H9N3S. The fourth-order valence-electron chi connectivity index (χ4n) is 0.952. The molecule has 1 aromatic heterocycles. The third-order valence-electron chi connectivity index (χ3n) is 1.51. The Morgan fingerprint density at radius 2 is 2.33 bits per heavy atom. The number of hydrogen-bond donors (Lipinski definition) is 1. The van der Waals surface area contributed by atoms with Crippen LogP contribution in [-0.4, -0.2) is 11.2 Å². The molecule has 0 aliphatic carbocycles. The van der Waals surface area contributed by atoms with Crippen LogP contribution in [0, 0.1) is 18.3 Å². The van der Waals surface area contributed by atoms with Crippen molar-refractivity contribution in [3.05, 3.63) is 17.2 Å². The molecule has 2 N–H and O–H groups in total. The summed E-state index contributed by atoms with van der Waals surface area (Å²) < 4.78 is 0. The normalized spacial score (nSPS) is 9.42. The van der Waals surface area contributed by atoms with Crippen LogP contribution in [0.4, 0.5) is 5.82 Å². The van der Waals surface area contributed by atoms with E-state index in [2.05, 4.69) is 11.1 Å². The monoisotopic (exact) mass is 179 g/mol. The molecule has 0 fully saturated rings. The second-order valence-electron chi connectivity index (χ2n) is 2.36. The van der Waals surface area contributed by atoms with Crippen molar-refractivity contribution in [3.8, 4) is 6.07 Å². The van der Waals surface area contributed by atoms with Crippen molar-refractivity contribution < 1.29 is 0 Å². The summed E-state index contributed by atoms with van der Waals surface area (Å²) in [5, 5.41) is 9.48. The standard InChI is InChI=1S/C8H9N3S/c1-5-3-7(10)11-8(12-2)6(5)4-9/h3H,1-2H3,(H2,10,11). The Kier molecular flexibility index (Phi) is 2.56. The molecule has 62 valence electrons. The summed E-state index contributed by atoms with van der Waals surface area (Å²) in [6.07, 6.45) is 1.88. The zero-order valence-corrected chi connectivity index (χ0v) is 7.77. The lowest BCUT2D eigenvalue weighted by Gasteiger charge is -2.03. The van der Waals surface area contributed by atoms with Gasteiger partial charge in [0, 0.05) is 0 Å². The first-order chi connectivity index (χ1) is 5.69. The maximum absolute atomic E-state index is 8.78. The van der Waals surface area contributed by atoms with E-state index in [0.717, 1.165) is 5.56 Å². The van der Waals surface area contributed by atoms with Gasteiger partial charge in [-0.05, 0) is 24.8 Å². The summed E-state index contributed by atoms with van der Waals surface area (Å²) in [4.78, 5) is 4.04. The highest BCUT2D eigenvalue weighted by molar-refractivity contribution is 7.98. The van der Waals surface area contributed by atoms with Crippen LogP contribution in [0.3, 0.4) is 0 Å². The number of nitriles is 1. The average Bonchev–Trinajstić information content (AvgIpc) is 2.03. The molecule has 0 unspecified atom stereocenters. The van der Waals surface area contributed by atoms with E-state index in [1.165, 1.54) is 11.8 Å². The zero-order valence-electron chi connectivity index (χ0n) is 6.96. The van der Waals surface area contributed by atoms with Gasteiger partial charge < -0.3 is 5.73 Å². The SMILES string of the molecule is CSc1nc(N)cc(C)c1C#N. The Bertz CT molecular complexity index is 341. The number of thioether (sulfide) groups is 1. The van der Waals surface area contributed by atoms with E-state index in [9.17, 15) is 0 Å². The number of nitrogen functional groups attached to an aromatic ring is 1. The van der Waals surface area contributed by atoms with Gasteiger partial charge in [-0.25, -0.2) is 4.98 Å². The second-order valence-corrected chi connectivity index (χ2v) is 3.16. The summed E-state index contributed by atoms with van der Waals surface area (Å²) in [5.41, 5.74) is 7.03. The summed E-state index contributed by atoms with van der Waals surface area (Å²) in [6, 6.07) is 3.81. The van der Waals surface area contributed by atoms with Crippen LogP contribution < -0.4 is 5.73 Å². The van der Waals surface area contributed by atoms with Gasteiger partial charge in [-0.3, -0.25) is 0 Å². The number of rotatable bonds is 1. The molecular weight excluding hydrogens is 170 g/mol. The highest BCUT2D eigenvalue weighted by atomic mass is 32.2. The number of aromatic nitrogens is 1. The van der Waals surface area contributed by atoms with E-state index in [1.807, 2.05) is 13.2 Å². The molecule has 0 saturated heterocycles. The predicted octanol–water partition coefficient (Wildman–Crippen LogP) is 1.57. The minimum atomic E-state index is 0.468. The topological polar surface area (TPSA) is 62.7 Å². The fourth-order valence-corrected chi connectivity index (χ4v) is 1.56. The molecule has 4 heteroatoms. The van der Waals surface area contributed by atoms with Crippen molar-refractivity contribution in [1.29, 1.82) is 5.26 Å². The Labute approximate surface area is 75.6 Å². The number of nitrogens with zero attached hydrogens (tertiary/aromatic N) is 2. The molecule has 0 saturated carbocycles. The Morgan fingerprint density at radius 3 is 2.83 bits per heavy atom. The van der Waals surface area contributed by atoms with Gasteiger partial charge in [0.25, 0.3) is 0 Å². The molecule has 0 spiro atoms. The average molecular weight is 179 g/mol. The number of nitrogens with two attached hydrogens (primary N) is 1. The molecule has 0 aliphatic rings. The Hall–Kier alpha value is -1.21. The van der Waals surface area contributed by atoms with Crippen molar-refractivity contribution in [3.63, 3.8) is 0 Å². The van der Waals surface area contributed by atoms with Crippen molar-refractivity contribution in [2.24, 2.45) is 0 Å². The van der Waals surface area contributed by atoms with Gasteiger partial charge in [-0.2, -0.15) is 5.26 Å². The van der Waals surface area contributed by atoms with Gasteiger partial charge in [-0.1, -0.05) is 0 Å². The van der Waals surface area contributed by atoms with Gasteiger partial charge in [0.2, 0.25) is 0 Å². The third kappa shape index (κ3) is 1.51. The Balaban J connectivity index is 3.36. The van der Waals surface area contributed by atoms with Crippen LogP contribution in [0.25, 0.3) is 0 Å². The molecule has 0 bridgehead atoms. The summed E-state index contributed by atoms with van der Waals surface area (Å²) in [7, 11) is 0. The van der Waals surface area contributed by atoms with Crippen LogP contribution >= 0.6 is 11.8 Å². The molecule has 1 rings (SSSR count). The molecule has 0 amide bonds. The van der Waals surface area contributed by atoms with Crippen molar-refractivity contribution in [2.75, 3.05) is 12.0 Å². The maximum atomic E-state index is 8.78. The van der Waals surface area contributed by atoms with E-state index < -0.39 is 0 Å². The van der Waals surface area contributed by atoms with Crippen LogP contribution in [-0.2, 0) is 0 Å². The lowest BCUT2D eigenvalue weighted by Crippen LogP contribution is -1.96. The molecule has 1 aromatic rings. The van der Waals surface area contributed by atoms with Gasteiger partial charge in [0.1, 0.15) is 16.9 Å². The largest absolute Gasteiger partial charge is 0.384 e. The van der Waals surface area contributed by atoms with E-state index in [-0.39, 0.29) is 0 Å². The van der Waals surface area contributed by atoms with E-state index >= 15 is 0 Å². The van der Waals surface area contributed by atoms with Gasteiger partial charge in [-0.15, -0.1) is 11.8 Å². The first-order valence-corrected chi connectivity index (χ1v) is 4.62. The second kappa shape index (κ2) is 3.46. The minimum Gasteiger partial charge on any atom is -0.384 e. The Morgan fingerprint density at radius 1 is 1.67 bits per heavy atom. The smallest absolute Gasteiger partial charge is 0.125 e. The van der Waals surface area contributed by atoms with Crippen LogP contribution in [0.5, 0.6) is 0 Å². The molecule has 0 aromatic carbocycles. The number of aryl methyl sites for hydroxylation is 1. The van der Waals surface area contributed by atoms with Crippen molar-refractivity contribution in [1.82, 2.24) is 4.98 Å². The molecule has 0 atom stereocenters. The van der Waals surface area contributed by atoms with Gasteiger partial charge in [0.05, 0.1) is 5.56 Å². The predicted molar refractivity (Wildman–Crippen MR) is 49.9 cm³/mol.